The summed E-state index contributed by atoms with van der Waals surface area (Å²) in [5, 5.41) is 0. The van der Waals surface area contributed by atoms with Crippen LogP contribution in [0.25, 0.3) is 0 Å². The van der Waals surface area contributed by atoms with Crippen molar-refractivity contribution in [1.82, 2.24) is 9.80 Å². The second kappa shape index (κ2) is 5.59. The standard InChI is InChI=1S/C13H24N2O3/c1-10(16)15-8-6-11(7-9-15)14(5)12(17)18-13(2,3)4/h11H,6-9H2,1-5H3. The van der Waals surface area contributed by atoms with Gasteiger partial charge in [0.1, 0.15) is 5.60 Å². The number of rotatable bonds is 1. The first-order valence-corrected chi connectivity index (χ1v) is 6.42. The largest absolute Gasteiger partial charge is 0.444 e. The molecule has 1 fully saturated rings. The Kier molecular flexibility index (Phi) is 4.59. The van der Waals surface area contributed by atoms with E-state index in [9.17, 15) is 9.59 Å². The van der Waals surface area contributed by atoms with Gasteiger partial charge in [0, 0.05) is 33.1 Å². The number of carbonyl (C=O) groups is 2. The third-order valence-electron chi connectivity index (χ3n) is 3.14. The smallest absolute Gasteiger partial charge is 0.410 e. The minimum absolute atomic E-state index is 0.105. The Morgan fingerprint density at radius 3 is 2.11 bits per heavy atom. The van der Waals surface area contributed by atoms with E-state index in [1.165, 1.54) is 0 Å². The van der Waals surface area contributed by atoms with Crippen LogP contribution in [0.1, 0.15) is 40.5 Å². The third kappa shape index (κ3) is 4.20. The molecule has 0 N–H and O–H groups in total. The van der Waals surface area contributed by atoms with Gasteiger partial charge in [0.25, 0.3) is 0 Å². The topological polar surface area (TPSA) is 49.9 Å². The maximum absolute atomic E-state index is 11.9. The number of likely N-dealkylation sites (tertiary alicyclic amines) is 1. The molecule has 18 heavy (non-hydrogen) atoms. The average molecular weight is 256 g/mol. The van der Waals surface area contributed by atoms with Gasteiger partial charge in [0.05, 0.1) is 0 Å². The Hall–Kier alpha value is -1.26. The predicted octanol–water partition coefficient (Wildman–Crippen LogP) is 1.86. The molecule has 0 unspecified atom stereocenters. The number of hydrogen-bond donors (Lipinski definition) is 0. The van der Waals surface area contributed by atoms with Gasteiger partial charge < -0.3 is 14.5 Å². The summed E-state index contributed by atoms with van der Waals surface area (Å²) in [6.45, 7) is 8.59. The Balaban J connectivity index is 2.47. The van der Waals surface area contributed by atoms with E-state index in [0.29, 0.717) is 13.1 Å². The highest BCUT2D eigenvalue weighted by Crippen LogP contribution is 2.18. The third-order valence-corrected chi connectivity index (χ3v) is 3.14. The second-order valence-electron chi connectivity index (χ2n) is 5.83. The molecule has 0 atom stereocenters. The lowest BCUT2D eigenvalue weighted by Crippen LogP contribution is -2.48. The number of nitrogens with zero attached hydrogens (tertiary/aromatic N) is 2. The van der Waals surface area contributed by atoms with Crippen LogP contribution in [0.5, 0.6) is 0 Å². The maximum Gasteiger partial charge on any atom is 0.410 e. The van der Waals surface area contributed by atoms with E-state index in [1.807, 2.05) is 25.7 Å². The number of piperidine rings is 1. The monoisotopic (exact) mass is 256 g/mol. The van der Waals surface area contributed by atoms with Gasteiger partial charge in [-0.3, -0.25) is 4.79 Å². The summed E-state index contributed by atoms with van der Waals surface area (Å²) in [7, 11) is 1.77. The first-order valence-electron chi connectivity index (χ1n) is 6.42. The van der Waals surface area contributed by atoms with Gasteiger partial charge >= 0.3 is 6.09 Å². The number of carbonyl (C=O) groups excluding carboxylic acids is 2. The first kappa shape index (κ1) is 14.8. The van der Waals surface area contributed by atoms with Crippen LogP contribution in [0.2, 0.25) is 0 Å². The van der Waals surface area contributed by atoms with E-state index in [1.54, 1.807) is 18.9 Å². The van der Waals surface area contributed by atoms with Crippen LogP contribution < -0.4 is 0 Å². The summed E-state index contributed by atoms with van der Waals surface area (Å²) in [4.78, 5) is 26.6. The van der Waals surface area contributed by atoms with Gasteiger partial charge in [-0.1, -0.05) is 0 Å². The van der Waals surface area contributed by atoms with E-state index < -0.39 is 5.60 Å². The lowest BCUT2D eigenvalue weighted by molar-refractivity contribution is -0.130. The highest BCUT2D eigenvalue weighted by Gasteiger charge is 2.28. The Labute approximate surface area is 109 Å². The molecule has 1 rings (SSSR count). The fraction of sp³-hybridized carbons (Fsp3) is 0.846. The Morgan fingerprint density at radius 1 is 1.22 bits per heavy atom. The fourth-order valence-electron chi connectivity index (χ4n) is 2.05. The summed E-state index contributed by atoms with van der Waals surface area (Å²) in [5.74, 6) is 0.105. The number of ether oxygens (including phenoxy) is 1. The van der Waals surface area contributed by atoms with Gasteiger partial charge in [0.2, 0.25) is 5.91 Å². The molecule has 5 heteroatoms. The zero-order valence-corrected chi connectivity index (χ0v) is 12.0. The minimum Gasteiger partial charge on any atom is -0.444 e. The van der Waals surface area contributed by atoms with E-state index >= 15 is 0 Å². The summed E-state index contributed by atoms with van der Waals surface area (Å²) in [6.07, 6.45) is 1.34. The zero-order chi connectivity index (χ0) is 13.9. The Bertz CT molecular complexity index is 315. The van der Waals surface area contributed by atoms with Gasteiger partial charge in [0.15, 0.2) is 0 Å². The van der Waals surface area contributed by atoms with Crippen molar-refractivity contribution in [3.05, 3.63) is 0 Å². The van der Waals surface area contributed by atoms with Crippen molar-refractivity contribution in [2.75, 3.05) is 20.1 Å². The quantitative estimate of drug-likeness (QED) is 0.719. The molecule has 0 radical (unpaired) electrons. The lowest BCUT2D eigenvalue weighted by Gasteiger charge is -2.36. The molecule has 1 aliphatic rings. The van der Waals surface area contributed by atoms with Crippen LogP contribution in [0.15, 0.2) is 0 Å². The maximum atomic E-state index is 11.9. The van der Waals surface area contributed by atoms with E-state index in [-0.39, 0.29) is 18.0 Å². The predicted molar refractivity (Wildman–Crippen MR) is 69.3 cm³/mol. The minimum atomic E-state index is -0.467. The van der Waals surface area contributed by atoms with Crippen molar-refractivity contribution in [2.24, 2.45) is 0 Å². The van der Waals surface area contributed by atoms with Gasteiger partial charge in [-0.25, -0.2) is 4.79 Å². The second-order valence-corrected chi connectivity index (χ2v) is 5.83. The van der Waals surface area contributed by atoms with Crippen LogP contribution in [0.4, 0.5) is 4.79 Å². The molecular formula is C13H24N2O3. The van der Waals surface area contributed by atoms with Gasteiger partial charge in [-0.05, 0) is 33.6 Å². The van der Waals surface area contributed by atoms with Crippen molar-refractivity contribution < 1.29 is 14.3 Å². The van der Waals surface area contributed by atoms with Crippen LogP contribution in [0.3, 0.4) is 0 Å². The molecule has 0 saturated carbocycles. The zero-order valence-electron chi connectivity index (χ0n) is 12.0. The Morgan fingerprint density at radius 2 is 1.72 bits per heavy atom. The highest BCUT2D eigenvalue weighted by atomic mass is 16.6. The van der Waals surface area contributed by atoms with Crippen molar-refractivity contribution in [1.29, 1.82) is 0 Å². The van der Waals surface area contributed by atoms with Crippen LogP contribution >= 0.6 is 0 Å². The van der Waals surface area contributed by atoms with Crippen molar-refractivity contribution >= 4 is 12.0 Å². The molecule has 1 saturated heterocycles. The molecular weight excluding hydrogens is 232 g/mol. The highest BCUT2D eigenvalue weighted by molar-refractivity contribution is 5.73. The first-order chi connectivity index (χ1) is 8.20. The van der Waals surface area contributed by atoms with Crippen LogP contribution in [0, 0.1) is 0 Å². The average Bonchev–Trinajstić information content (AvgIpc) is 2.26. The van der Waals surface area contributed by atoms with Crippen molar-refractivity contribution in [2.45, 2.75) is 52.2 Å². The van der Waals surface area contributed by atoms with Crippen LogP contribution in [-0.2, 0) is 9.53 Å². The normalized spacial score (nSPS) is 17.5. The van der Waals surface area contributed by atoms with Crippen LogP contribution in [-0.4, -0.2) is 53.6 Å². The molecule has 2 amide bonds. The fourth-order valence-corrected chi connectivity index (χ4v) is 2.05. The van der Waals surface area contributed by atoms with Gasteiger partial charge in [-0.2, -0.15) is 0 Å². The molecule has 0 bridgehead atoms. The number of hydrogen-bond acceptors (Lipinski definition) is 3. The molecule has 1 aliphatic heterocycles. The molecule has 0 aliphatic carbocycles. The van der Waals surface area contributed by atoms with E-state index in [2.05, 4.69) is 0 Å². The van der Waals surface area contributed by atoms with Crippen molar-refractivity contribution in [3.63, 3.8) is 0 Å². The van der Waals surface area contributed by atoms with Gasteiger partial charge in [-0.15, -0.1) is 0 Å². The summed E-state index contributed by atoms with van der Waals surface area (Å²) < 4.78 is 5.33. The molecule has 104 valence electrons. The summed E-state index contributed by atoms with van der Waals surface area (Å²) in [5.41, 5.74) is -0.467. The molecule has 0 spiro atoms. The molecule has 0 aromatic carbocycles. The van der Waals surface area contributed by atoms with E-state index in [0.717, 1.165) is 12.8 Å². The molecule has 0 aromatic heterocycles. The van der Waals surface area contributed by atoms with Crippen molar-refractivity contribution in [3.8, 4) is 0 Å². The molecule has 5 nitrogen and oxygen atoms in total. The summed E-state index contributed by atoms with van der Waals surface area (Å²) in [6, 6.07) is 0.162. The number of amides is 2. The molecule has 1 heterocycles. The summed E-state index contributed by atoms with van der Waals surface area (Å²) >= 11 is 0. The van der Waals surface area contributed by atoms with E-state index in [4.69, 9.17) is 4.74 Å². The molecule has 0 aromatic rings. The SMILES string of the molecule is CC(=O)N1CCC(N(C)C(=O)OC(C)(C)C)CC1. The lowest BCUT2D eigenvalue weighted by atomic mass is 10.0.